The molecule has 0 aliphatic carbocycles. The highest BCUT2D eigenvalue weighted by Crippen LogP contribution is 2.24. The van der Waals surface area contributed by atoms with Crippen LogP contribution in [0.25, 0.3) is 0 Å². The monoisotopic (exact) mass is 249 g/mol. The van der Waals surface area contributed by atoms with Crippen LogP contribution in [0.3, 0.4) is 0 Å². The van der Waals surface area contributed by atoms with E-state index in [9.17, 15) is 4.79 Å². The molecule has 3 nitrogen and oxygen atoms in total. The number of aryl methyl sites for hydroxylation is 2. The quantitative estimate of drug-likeness (QED) is 0.788. The average molecular weight is 249 g/mol. The van der Waals surface area contributed by atoms with E-state index in [1.165, 1.54) is 0 Å². The third-order valence-electron chi connectivity index (χ3n) is 3.26. The van der Waals surface area contributed by atoms with Gasteiger partial charge in [-0.1, -0.05) is 13.8 Å². The van der Waals surface area contributed by atoms with Crippen LogP contribution in [0.2, 0.25) is 0 Å². The van der Waals surface area contributed by atoms with Crippen molar-refractivity contribution in [3.63, 3.8) is 0 Å². The number of nitrogens with one attached hydrogen (secondary N) is 1. The van der Waals surface area contributed by atoms with Gasteiger partial charge in [-0.15, -0.1) is 0 Å². The maximum absolute atomic E-state index is 12.5. The second-order valence-corrected chi connectivity index (χ2v) is 4.52. The molecule has 3 heteroatoms. The standard InChI is InChI=1S/C15H23NO2/c1-6-13(16-7-2)15(17)12-8-10(3)11(4)9-14(12)18-5/h8-9,13,16H,6-7H2,1-5H3. The molecule has 0 spiro atoms. The molecule has 0 aliphatic rings. The molecule has 1 atom stereocenters. The van der Waals surface area contributed by atoms with Crippen molar-refractivity contribution >= 4 is 5.78 Å². The minimum Gasteiger partial charge on any atom is -0.496 e. The van der Waals surface area contributed by atoms with Crippen molar-refractivity contribution in [2.75, 3.05) is 13.7 Å². The van der Waals surface area contributed by atoms with Gasteiger partial charge in [-0.3, -0.25) is 4.79 Å². The third kappa shape index (κ3) is 3.10. The number of ketones is 1. The number of hydrogen-bond donors (Lipinski definition) is 1. The van der Waals surface area contributed by atoms with Gasteiger partial charge in [0.1, 0.15) is 5.75 Å². The van der Waals surface area contributed by atoms with Crippen LogP contribution in [0.4, 0.5) is 0 Å². The predicted molar refractivity (Wildman–Crippen MR) is 74.6 cm³/mol. The van der Waals surface area contributed by atoms with Gasteiger partial charge in [0.15, 0.2) is 5.78 Å². The number of methoxy groups -OCH3 is 1. The molecule has 0 amide bonds. The van der Waals surface area contributed by atoms with E-state index >= 15 is 0 Å². The molecular formula is C15H23NO2. The van der Waals surface area contributed by atoms with Crippen LogP contribution in [-0.4, -0.2) is 25.5 Å². The van der Waals surface area contributed by atoms with Crippen LogP contribution >= 0.6 is 0 Å². The summed E-state index contributed by atoms with van der Waals surface area (Å²) in [5.74, 6) is 0.777. The van der Waals surface area contributed by atoms with Crippen molar-refractivity contribution in [3.05, 3.63) is 28.8 Å². The maximum Gasteiger partial charge on any atom is 0.183 e. The summed E-state index contributed by atoms with van der Waals surface area (Å²) < 4.78 is 5.33. The number of rotatable bonds is 6. The third-order valence-corrected chi connectivity index (χ3v) is 3.26. The van der Waals surface area contributed by atoms with E-state index in [0.29, 0.717) is 11.3 Å². The summed E-state index contributed by atoms with van der Waals surface area (Å²) in [6, 6.07) is 3.73. The van der Waals surface area contributed by atoms with Gasteiger partial charge >= 0.3 is 0 Å². The lowest BCUT2D eigenvalue weighted by atomic mass is 9.97. The zero-order valence-electron chi connectivity index (χ0n) is 12.0. The van der Waals surface area contributed by atoms with Gasteiger partial charge in [-0.25, -0.2) is 0 Å². The van der Waals surface area contributed by atoms with Crippen molar-refractivity contribution in [2.45, 2.75) is 40.2 Å². The van der Waals surface area contributed by atoms with Crippen molar-refractivity contribution in [1.29, 1.82) is 0 Å². The first-order valence-electron chi connectivity index (χ1n) is 6.47. The van der Waals surface area contributed by atoms with E-state index in [4.69, 9.17) is 4.74 Å². The molecule has 1 unspecified atom stereocenters. The van der Waals surface area contributed by atoms with Crippen LogP contribution in [0.5, 0.6) is 5.75 Å². The SMILES string of the molecule is CCNC(CC)C(=O)c1cc(C)c(C)cc1OC. The number of hydrogen-bond acceptors (Lipinski definition) is 3. The van der Waals surface area contributed by atoms with E-state index in [-0.39, 0.29) is 11.8 Å². The minimum absolute atomic E-state index is 0.110. The molecule has 0 bridgehead atoms. The van der Waals surface area contributed by atoms with Crippen LogP contribution in [0, 0.1) is 13.8 Å². The van der Waals surface area contributed by atoms with Gasteiger partial charge in [0, 0.05) is 0 Å². The highest BCUT2D eigenvalue weighted by molar-refractivity contribution is 6.02. The average Bonchev–Trinajstić information content (AvgIpc) is 2.37. The Hall–Kier alpha value is -1.35. The fourth-order valence-electron chi connectivity index (χ4n) is 2.01. The largest absolute Gasteiger partial charge is 0.496 e. The summed E-state index contributed by atoms with van der Waals surface area (Å²) in [7, 11) is 1.61. The summed E-state index contributed by atoms with van der Waals surface area (Å²) in [6.07, 6.45) is 0.781. The molecule has 1 aromatic carbocycles. The second-order valence-electron chi connectivity index (χ2n) is 4.52. The number of ether oxygens (including phenoxy) is 1. The fourth-order valence-corrected chi connectivity index (χ4v) is 2.01. The fraction of sp³-hybridized carbons (Fsp3) is 0.533. The molecule has 100 valence electrons. The second kappa shape index (κ2) is 6.55. The first kappa shape index (κ1) is 14.7. The normalized spacial score (nSPS) is 12.3. The van der Waals surface area contributed by atoms with Gasteiger partial charge in [0.25, 0.3) is 0 Å². The summed E-state index contributed by atoms with van der Waals surface area (Å²) in [5.41, 5.74) is 2.93. The molecule has 0 saturated carbocycles. The van der Waals surface area contributed by atoms with Crippen LogP contribution in [0.15, 0.2) is 12.1 Å². The molecule has 0 saturated heterocycles. The number of likely N-dealkylation sites (N-methyl/N-ethyl adjacent to an activating group) is 1. The van der Waals surface area contributed by atoms with E-state index in [1.807, 2.05) is 39.8 Å². The Labute approximate surface area is 110 Å². The Balaban J connectivity index is 3.14. The Morgan fingerprint density at radius 1 is 1.28 bits per heavy atom. The van der Waals surface area contributed by atoms with E-state index < -0.39 is 0 Å². The Morgan fingerprint density at radius 3 is 2.39 bits per heavy atom. The van der Waals surface area contributed by atoms with Gasteiger partial charge in [-0.2, -0.15) is 0 Å². The molecule has 1 rings (SSSR count). The van der Waals surface area contributed by atoms with Gasteiger partial charge in [0.05, 0.1) is 18.7 Å². The lowest BCUT2D eigenvalue weighted by Gasteiger charge is -2.17. The van der Waals surface area contributed by atoms with E-state index in [1.54, 1.807) is 7.11 Å². The lowest BCUT2D eigenvalue weighted by Crippen LogP contribution is -2.36. The van der Waals surface area contributed by atoms with Crippen molar-refractivity contribution < 1.29 is 9.53 Å². The number of benzene rings is 1. The Morgan fingerprint density at radius 2 is 1.89 bits per heavy atom. The molecule has 0 radical (unpaired) electrons. The molecule has 1 N–H and O–H groups in total. The van der Waals surface area contributed by atoms with Crippen molar-refractivity contribution in [3.8, 4) is 5.75 Å². The summed E-state index contributed by atoms with van der Waals surface area (Å²) in [4.78, 5) is 12.5. The highest BCUT2D eigenvalue weighted by atomic mass is 16.5. The maximum atomic E-state index is 12.5. The van der Waals surface area contributed by atoms with Gasteiger partial charge in [-0.05, 0) is 50.1 Å². The smallest absolute Gasteiger partial charge is 0.183 e. The number of Topliss-reactive ketones (excluding diaryl/α,β-unsaturated/α-hetero) is 1. The Bertz CT molecular complexity index is 427. The zero-order chi connectivity index (χ0) is 13.7. The zero-order valence-corrected chi connectivity index (χ0v) is 12.0. The lowest BCUT2D eigenvalue weighted by molar-refractivity contribution is 0.0938. The number of carbonyl (C=O) groups excluding carboxylic acids is 1. The first-order valence-corrected chi connectivity index (χ1v) is 6.47. The molecule has 0 aromatic heterocycles. The van der Waals surface area contributed by atoms with Crippen LogP contribution < -0.4 is 10.1 Å². The van der Waals surface area contributed by atoms with Crippen molar-refractivity contribution in [1.82, 2.24) is 5.32 Å². The Kier molecular flexibility index (Phi) is 5.35. The molecule has 0 fully saturated rings. The predicted octanol–water partition coefficient (Wildman–Crippen LogP) is 2.88. The van der Waals surface area contributed by atoms with Gasteiger partial charge in [0.2, 0.25) is 0 Å². The number of carbonyl (C=O) groups is 1. The van der Waals surface area contributed by atoms with Crippen LogP contribution in [0.1, 0.15) is 41.8 Å². The van der Waals surface area contributed by atoms with E-state index in [0.717, 1.165) is 24.1 Å². The van der Waals surface area contributed by atoms with Crippen molar-refractivity contribution in [2.24, 2.45) is 0 Å². The summed E-state index contributed by atoms with van der Waals surface area (Å²) >= 11 is 0. The molecule has 0 aliphatic heterocycles. The highest BCUT2D eigenvalue weighted by Gasteiger charge is 2.21. The van der Waals surface area contributed by atoms with E-state index in [2.05, 4.69) is 5.32 Å². The summed E-state index contributed by atoms with van der Waals surface area (Å²) in [6.45, 7) is 8.84. The molecular weight excluding hydrogens is 226 g/mol. The van der Waals surface area contributed by atoms with Crippen LogP contribution in [-0.2, 0) is 0 Å². The molecule has 0 heterocycles. The topological polar surface area (TPSA) is 38.3 Å². The first-order chi connectivity index (χ1) is 8.54. The minimum atomic E-state index is -0.133. The van der Waals surface area contributed by atoms with Gasteiger partial charge < -0.3 is 10.1 Å². The molecule has 1 aromatic rings. The molecule has 18 heavy (non-hydrogen) atoms. The summed E-state index contributed by atoms with van der Waals surface area (Å²) in [5, 5.41) is 3.21.